The van der Waals surface area contributed by atoms with Crippen molar-refractivity contribution in [3.63, 3.8) is 0 Å². The van der Waals surface area contributed by atoms with Gasteiger partial charge in [-0.1, -0.05) is 30.3 Å². The van der Waals surface area contributed by atoms with E-state index in [2.05, 4.69) is 35.8 Å². The molecule has 0 heterocycles. The van der Waals surface area contributed by atoms with Gasteiger partial charge in [0.15, 0.2) is 0 Å². The minimum Gasteiger partial charge on any atom is -0.256 e. The molecule has 2 aromatic carbocycles. The highest BCUT2D eigenvalue weighted by molar-refractivity contribution is 5.81. The third-order valence-corrected chi connectivity index (χ3v) is 3.29. The molecule has 0 spiro atoms. The molecular formula is C19H20FN. The van der Waals surface area contributed by atoms with Gasteiger partial charge in [0.2, 0.25) is 0 Å². The van der Waals surface area contributed by atoms with Crippen molar-refractivity contribution in [3.8, 4) is 0 Å². The lowest BCUT2D eigenvalue weighted by molar-refractivity contribution is 0.628. The zero-order chi connectivity index (χ0) is 14.9. The first kappa shape index (κ1) is 15.2. The zero-order valence-electron chi connectivity index (χ0n) is 12.1. The summed E-state index contributed by atoms with van der Waals surface area (Å²) in [5.74, 6) is -0.241. The van der Waals surface area contributed by atoms with Gasteiger partial charge in [-0.25, -0.2) is 4.39 Å². The number of hydrogen-bond acceptors (Lipinski definition) is 1. The molecule has 0 aromatic heterocycles. The molecule has 0 aliphatic rings. The molecule has 0 aliphatic carbocycles. The van der Waals surface area contributed by atoms with Gasteiger partial charge in [-0.05, 0) is 61.1 Å². The molecular weight excluding hydrogens is 261 g/mol. The summed E-state index contributed by atoms with van der Waals surface area (Å²) < 4.78 is 12.8. The normalized spacial score (nSPS) is 10.9. The standard InChI is InChI=1S/C19H20FN/c1-2-3-4-5-6-16-7-9-17(10-8-16)15-21-19-13-11-18(20)12-14-19/h2,7-15H,1,3-6H2. The van der Waals surface area contributed by atoms with E-state index in [1.165, 1.54) is 30.5 Å². The summed E-state index contributed by atoms with van der Waals surface area (Å²) in [6, 6.07) is 14.6. The van der Waals surface area contributed by atoms with E-state index >= 15 is 0 Å². The van der Waals surface area contributed by atoms with Crippen LogP contribution in [-0.2, 0) is 6.42 Å². The Balaban J connectivity index is 1.89. The SMILES string of the molecule is C=CCCCCc1ccc(C=Nc2ccc(F)cc2)cc1. The molecule has 0 amide bonds. The number of benzene rings is 2. The average Bonchev–Trinajstić information content (AvgIpc) is 2.52. The lowest BCUT2D eigenvalue weighted by atomic mass is 10.1. The van der Waals surface area contributed by atoms with Crippen molar-refractivity contribution >= 4 is 11.9 Å². The van der Waals surface area contributed by atoms with Crippen molar-refractivity contribution in [2.75, 3.05) is 0 Å². The predicted octanol–water partition coefficient (Wildman–Crippen LogP) is 5.48. The fourth-order valence-corrected chi connectivity index (χ4v) is 2.06. The summed E-state index contributed by atoms with van der Waals surface area (Å²) in [4.78, 5) is 4.33. The van der Waals surface area contributed by atoms with Crippen LogP contribution in [0.25, 0.3) is 0 Å². The van der Waals surface area contributed by atoms with Gasteiger partial charge < -0.3 is 0 Å². The third kappa shape index (κ3) is 5.35. The van der Waals surface area contributed by atoms with Crippen LogP contribution in [0.2, 0.25) is 0 Å². The second kappa shape index (κ2) is 8.15. The Morgan fingerprint density at radius 2 is 1.67 bits per heavy atom. The third-order valence-electron chi connectivity index (χ3n) is 3.29. The van der Waals surface area contributed by atoms with Crippen molar-refractivity contribution in [2.45, 2.75) is 25.7 Å². The molecule has 21 heavy (non-hydrogen) atoms. The van der Waals surface area contributed by atoms with Crippen LogP contribution in [0.1, 0.15) is 30.4 Å². The van der Waals surface area contributed by atoms with Gasteiger partial charge in [-0.15, -0.1) is 6.58 Å². The van der Waals surface area contributed by atoms with Crippen LogP contribution in [0, 0.1) is 5.82 Å². The Kier molecular flexibility index (Phi) is 5.89. The van der Waals surface area contributed by atoms with Crippen LogP contribution in [0.3, 0.4) is 0 Å². The van der Waals surface area contributed by atoms with Gasteiger partial charge in [-0.3, -0.25) is 4.99 Å². The molecule has 2 heteroatoms. The molecule has 0 bridgehead atoms. The number of allylic oxidation sites excluding steroid dienone is 1. The number of unbranched alkanes of at least 4 members (excludes halogenated alkanes) is 2. The van der Waals surface area contributed by atoms with E-state index in [1.54, 1.807) is 18.3 Å². The van der Waals surface area contributed by atoms with Gasteiger partial charge in [0.1, 0.15) is 5.82 Å². The molecule has 1 nitrogen and oxygen atoms in total. The van der Waals surface area contributed by atoms with Crippen molar-refractivity contribution in [1.29, 1.82) is 0 Å². The van der Waals surface area contributed by atoms with E-state index in [0.29, 0.717) is 0 Å². The topological polar surface area (TPSA) is 12.4 Å². The van der Waals surface area contributed by atoms with Crippen molar-refractivity contribution in [1.82, 2.24) is 0 Å². The first-order chi connectivity index (χ1) is 10.3. The Bertz CT molecular complexity index is 582. The fourth-order valence-electron chi connectivity index (χ4n) is 2.06. The van der Waals surface area contributed by atoms with Crippen molar-refractivity contribution in [3.05, 3.63) is 78.1 Å². The van der Waals surface area contributed by atoms with Crippen LogP contribution >= 0.6 is 0 Å². The van der Waals surface area contributed by atoms with E-state index in [0.717, 1.165) is 24.1 Å². The maximum atomic E-state index is 12.8. The van der Waals surface area contributed by atoms with Crippen LogP contribution in [0.4, 0.5) is 10.1 Å². The minimum atomic E-state index is -0.241. The summed E-state index contributed by atoms with van der Waals surface area (Å²) >= 11 is 0. The van der Waals surface area contributed by atoms with Crippen molar-refractivity contribution in [2.24, 2.45) is 4.99 Å². The zero-order valence-corrected chi connectivity index (χ0v) is 12.1. The molecule has 0 aliphatic heterocycles. The summed E-state index contributed by atoms with van der Waals surface area (Å²) in [6.07, 6.45) is 8.34. The average molecular weight is 281 g/mol. The van der Waals surface area contributed by atoms with Gasteiger partial charge in [0, 0.05) is 6.21 Å². The molecule has 0 fully saturated rings. The van der Waals surface area contributed by atoms with Gasteiger partial charge in [0.25, 0.3) is 0 Å². The van der Waals surface area contributed by atoms with Crippen LogP contribution in [0.5, 0.6) is 0 Å². The minimum absolute atomic E-state index is 0.241. The van der Waals surface area contributed by atoms with Crippen LogP contribution < -0.4 is 0 Å². The monoisotopic (exact) mass is 281 g/mol. The highest BCUT2D eigenvalue weighted by atomic mass is 19.1. The Morgan fingerprint density at radius 1 is 0.952 bits per heavy atom. The highest BCUT2D eigenvalue weighted by Crippen LogP contribution is 2.13. The van der Waals surface area contributed by atoms with Gasteiger partial charge in [-0.2, -0.15) is 0 Å². The molecule has 2 rings (SSSR count). The number of halogens is 1. The number of hydrogen-bond donors (Lipinski definition) is 0. The first-order valence-electron chi connectivity index (χ1n) is 7.27. The first-order valence-corrected chi connectivity index (χ1v) is 7.27. The largest absolute Gasteiger partial charge is 0.256 e. The second-order valence-corrected chi connectivity index (χ2v) is 5.01. The van der Waals surface area contributed by atoms with Crippen LogP contribution in [-0.4, -0.2) is 6.21 Å². The van der Waals surface area contributed by atoms with E-state index in [4.69, 9.17) is 0 Å². The summed E-state index contributed by atoms with van der Waals surface area (Å²) in [7, 11) is 0. The van der Waals surface area contributed by atoms with Gasteiger partial charge in [0.05, 0.1) is 5.69 Å². The predicted molar refractivity (Wildman–Crippen MR) is 87.8 cm³/mol. The quantitative estimate of drug-likeness (QED) is 0.362. The number of rotatable bonds is 7. The van der Waals surface area contributed by atoms with Gasteiger partial charge >= 0.3 is 0 Å². The molecule has 0 N–H and O–H groups in total. The number of aryl methyl sites for hydroxylation is 1. The van der Waals surface area contributed by atoms with Crippen molar-refractivity contribution < 1.29 is 4.39 Å². The smallest absolute Gasteiger partial charge is 0.123 e. The summed E-state index contributed by atoms with van der Waals surface area (Å²) in [5, 5.41) is 0. The lowest BCUT2D eigenvalue weighted by Crippen LogP contribution is -1.87. The molecule has 0 saturated carbocycles. The number of aliphatic imine (C=N–C) groups is 1. The van der Waals surface area contributed by atoms with E-state index in [9.17, 15) is 4.39 Å². The summed E-state index contributed by atoms with van der Waals surface area (Å²) in [5.41, 5.74) is 3.15. The molecule has 108 valence electrons. The maximum Gasteiger partial charge on any atom is 0.123 e. The highest BCUT2D eigenvalue weighted by Gasteiger charge is 1.94. The molecule has 0 radical (unpaired) electrons. The molecule has 0 saturated heterocycles. The summed E-state index contributed by atoms with van der Waals surface area (Å²) in [6.45, 7) is 3.73. The number of nitrogens with zero attached hydrogens (tertiary/aromatic N) is 1. The maximum absolute atomic E-state index is 12.8. The fraction of sp³-hybridized carbons (Fsp3) is 0.211. The van der Waals surface area contributed by atoms with E-state index < -0.39 is 0 Å². The second-order valence-electron chi connectivity index (χ2n) is 5.01. The van der Waals surface area contributed by atoms with Crippen LogP contribution in [0.15, 0.2) is 66.2 Å². The lowest BCUT2D eigenvalue weighted by Gasteiger charge is -2.01. The van der Waals surface area contributed by atoms with E-state index in [-0.39, 0.29) is 5.82 Å². The molecule has 2 aromatic rings. The molecule has 0 unspecified atom stereocenters. The van der Waals surface area contributed by atoms with E-state index in [1.807, 2.05) is 6.08 Å². The molecule has 0 atom stereocenters. The Hall–Kier alpha value is -2.22. The Labute approximate surface area is 125 Å². The Morgan fingerprint density at radius 3 is 2.33 bits per heavy atom.